The van der Waals surface area contributed by atoms with E-state index in [0.29, 0.717) is 0 Å². The molecule has 1 aromatic carbocycles. The molecule has 0 radical (unpaired) electrons. The summed E-state index contributed by atoms with van der Waals surface area (Å²) in [5.41, 5.74) is -0.115. The summed E-state index contributed by atoms with van der Waals surface area (Å²) in [5.74, 6) is -2.75. The van der Waals surface area contributed by atoms with Crippen molar-refractivity contribution in [3.05, 3.63) is 53.9 Å². The summed E-state index contributed by atoms with van der Waals surface area (Å²) in [7, 11) is 0. The van der Waals surface area contributed by atoms with Crippen molar-refractivity contribution in [3.63, 3.8) is 0 Å². The van der Waals surface area contributed by atoms with E-state index in [1.165, 1.54) is 30.6 Å². The first-order valence-electron chi connectivity index (χ1n) is 8.50. The molecule has 2 aromatic heterocycles. The highest BCUT2D eigenvalue weighted by atomic mass is 19.4. The van der Waals surface area contributed by atoms with Crippen LogP contribution in [-0.4, -0.2) is 40.0 Å². The number of anilines is 2. The number of esters is 1. The molecule has 0 aliphatic rings. The first kappa shape index (κ1) is 20.8. The van der Waals surface area contributed by atoms with Crippen molar-refractivity contribution in [1.82, 2.24) is 9.97 Å². The van der Waals surface area contributed by atoms with Crippen LogP contribution in [0.25, 0.3) is 10.9 Å². The van der Waals surface area contributed by atoms with Crippen LogP contribution in [0, 0.1) is 0 Å². The fourth-order valence-electron chi connectivity index (χ4n) is 2.66. The largest absolute Gasteiger partial charge is 0.573 e. The van der Waals surface area contributed by atoms with Crippen molar-refractivity contribution >= 4 is 34.3 Å². The van der Waals surface area contributed by atoms with Crippen LogP contribution in [0.1, 0.15) is 27.6 Å². The summed E-state index contributed by atoms with van der Waals surface area (Å²) in [4.78, 5) is 31.9. The predicted molar refractivity (Wildman–Crippen MR) is 98.9 cm³/mol. The number of ether oxygens (including phenoxy) is 2. The average Bonchev–Trinajstić information content (AvgIpc) is 2.67. The lowest BCUT2D eigenvalue weighted by molar-refractivity contribution is -0.274. The summed E-state index contributed by atoms with van der Waals surface area (Å²) in [6, 6.07) is 6.06. The number of benzene rings is 1. The molecule has 0 amide bonds. The molecule has 0 saturated carbocycles. The normalized spacial score (nSPS) is 11.2. The van der Waals surface area contributed by atoms with Gasteiger partial charge in [-0.05, 0) is 37.3 Å². The van der Waals surface area contributed by atoms with Crippen LogP contribution in [-0.2, 0) is 4.74 Å². The number of aromatic nitrogens is 2. The van der Waals surface area contributed by atoms with Gasteiger partial charge in [0.2, 0.25) is 0 Å². The molecule has 0 aliphatic carbocycles. The number of carbonyl (C=O) groups excluding carboxylic acids is 1. The third kappa shape index (κ3) is 4.57. The first-order valence-corrected chi connectivity index (χ1v) is 8.50. The number of carbonyl (C=O) groups is 2. The van der Waals surface area contributed by atoms with E-state index in [1.807, 2.05) is 0 Å². The van der Waals surface area contributed by atoms with Crippen LogP contribution >= 0.6 is 0 Å². The maximum absolute atomic E-state index is 12.6. The van der Waals surface area contributed by atoms with Gasteiger partial charge >= 0.3 is 18.3 Å². The van der Waals surface area contributed by atoms with Crippen molar-refractivity contribution in [3.8, 4) is 5.75 Å². The van der Waals surface area contributed by atoms with Gasteiger partial charge in [-0.2, -0.15) is 0 Å². The van der Waals surface area contributed by atoms with E-state index < -0.39 is 24.1 Å². The molecule has 156 valence electrons. The summed E-state index contributed by atoms with van der Waals surface area (Å²) in [6.45, 7) is 1.62. The molecule has 3 rings (SSSR count). The van der Waals surface area contributed by atoms with Crippen LogP contribution < -0.4 is 10.1 Å². The molecule has 0 bridgehead atoms. The molecule has 0 fully saturated rings. The lowest BCUT2D eigenvalue weighted by Crippen LogP contribution is -2.17. The molecule has 2 heterocycles. The second-order valence-corrected chi connectivity index (χ2v) is 5.82. The third-order valence-corrected chi connectivity index (χ3v) is 3.85. The Bertz CT molecular complexity index is 1120. The topological polar surface area (TPSA) is 111 Å². The van der Waals surface area contributed by atoms with Gasteiger partial charge in [0.1, 0.15) is 22.7 Å². The van der Waals surface area contributed by atoms with Gasteiger partial charge in [-0.3, -0.25) is 4.98 Å². The van der Waals surface area contributed by atoms with Gasteiger partial charge in [0.05, 0.1) is 17.8 Å². The number of rotatable bonds is 6. The highest BCUT2D eigenvalue weighted by Crippen LogP contribution is 2.34. The Morgan fingerprint density at radius 2 is 1.93 bits per heavy atom. The number of fused-ring (bicyclic) bond motifs is 1. The smallest absolute Gasteiger partial charge is 0.478 e. The van der Waals surface area contributed by atoms with E-state index in [1.54, 1.807) is 6.92 Å². The minimum atomic E-state index is -4.93. The van der Waals surface area contributed by atoms with Crippen molar-refractivity contribution in [1.29, 1.82) is 0 Å². The Kier molecular flexibility index (Phi) is 5.72. The fraction of sp³-hybridized carbons (Fsp3) is 0.158. The monoisotopic (exact) mass is 421 g/mol. The molecular weight excluding hydrogens is 407 g/mol. The molecule has 11 heteroatoms. The van der Waals surface area contributed by atoms with E-state index in [0.717, 1.165) is 12.1 Å². The summed E-state index contributed by atoms with van der Waals surface area (Å²) in [6.07, 6.45) is -2.43. The molecule has 8 nitrogen and oxygen atoms in total. The summed E-state index contributed by atoms with van der Waals surface area (Å²) in [5, 5.41) is 12.2. The highest BCUT2D eigenvalue weighted by Gasteiger charge is 2.31. The number of carboxylic acids is 1. The number of halogens is 3. The second-order valence-electron chi connectivity index (χ2n) is 5.82. The molecule has 2 N–H and O–H groups in total. The minimum absolute atomic E-state index is 0.0210. The van der Waals surface area contributed by atoms with Gasteiger partial charge in [0.25, 0.3) is 0 Å². The SMILES string of the molecule is CCOC(=O)c1cnc2ccc(OC(F)(F)F)cc2c1Nc1ncccc1C(=O)O. The van der Waals surface area contributed by atoms with Gasteiger partial charge in [-0.1, -0.05) is 0 Å². The molecule has 0 spiro atoms. The molecule has 0 saturated heterocycles. The zero-order valence-corrected chi connectivity index (χ0v) is 15.4. The van der Waals surface area contributed by atoms with Crippen LogP contribution in [0.4, 0.5) is 24.7 Å². The highest BCUT2D eigenvalue weighted by molar-refractivity contribution is 6.07. The molecule has 30 heavy (non-hydrogen) atoms. The maximum Gasteiger partial charge on any atom is 0.573 e. The Labute approximate surface area is 167 Å². The molecule has 0 unspecified atom stereocenters. The number of nitrogens with one attached hydrogen (secondary N) is 1. The van der Waals surface area contributed by atoms with E-state index >= 15 is 0 Å². The second kappa shape index (κ2) is 8.23. The van der Waals surface area contributed by atoms with Gasteiger partial charge < -0.3 is 19.9 Å². The van der Waals surface area contributed by atoms with E-state index in [4.69, 9.17) is 4.74 Å². The van der Waals surface area contributed by atoms with Gasteiger partial charge in [0, 0.05) is 17.8 Å². The average molecular weight is 421 g/mol. The Balaban J connectivity index is 2.21. The van der Waals surface area contributed by atoms with Crippen molar-refractivity contribution in [2.75, 3.05) is 11.9 Å². The number of hydrogen-bond acceptors (Lipinski definition) is 7. The zero-order chi connectivity index (χ0) is 21.9. The Morgan fingerprint density at radius 3 is 2.60 bits per heavy atom. The number of alkyl halides is 3. The van der Waals surface area contributed by atoms with Crippen molar-refractivity contribution < 1.29 is 37.3 Å². The maximum atomic E-state index is 12.6. The van der Waals surface area contributed by atoms with Crippen LogP contribution in [0.3, 0.4) is 0 Å². The van der Waals surface area contributed by atoms with E-state index in [9.17, 15) is 27.9 Å². The standard InChI is InChI=1S/C19H14F3N3O5/c1-2-29-18(28)13-9-24-14-6-5-10(30-19(20,21)22)8-12(14)15(13)25-16-11(17(26)27)4-3-7-23-16/h3-9H,2H2,1H3,(H,26,27)(H,23,24,25). The molecular formula is C19H14F3N3O5. The number of nitrogens with zero attached hydrogens (tertiary/aromatic N) is 2. The lowest BCUT2D eigenvalue weighted by atomic mass is 10.1. The predicted octanol–water partition coefficient (Wildman–Crippen LogP) is 4.15. The number of carboxylic acid groups (broad SMARTS) is 1. The third-order valence-electron chi connectivity index (χ3n) is 3.85. The van der Waals surface area contributed by atoms with Gasteiger partial charge in [-0.25, -0.2) is 14.6 Å². The minimum Gasteiger partial charge on any atom is -0.478 e. The van der Waals surface area contributed by atoms with Crippen LogP contribution in [0.5, 0.6) is 5.75 Å². The van der Waals surface area contributed by atoms with E-state index in [-0.39, 0.29) is 40.1 Å². The van der Waals surface area contributed by atoms with Crippen LogP contribution in [0.2, 0.25) is 0 Å². The Morgan fingerprint density at radius 1 is 1.17 bits per heavy atom. The van der Waals surface area contributed by atoms with Crippen molar-refractivity contribution in [2.24, 2.45) is 0 Å². The van der Waals surface area contributed by atoms with E-state index in [2.05, 4.69) is 20.0 Å². The van der Waals surface area contributed by atoms with Crippen molar-refractivity contribution in [2.45, 2.75) is 13.3 Å². The fourth-order valence-corrected chi connectivity index (χ4v) is 2.66. The zero-order valence-electron chi connectivity index (χ0n) is 15.4. The van der Waals surface area contributed by atoms with Gasteiger partial charge in [-0.15, -0.1) is 13.2 Å². The lowest BCUT2D eigenvalue weighted by Gasteiger charge is -2.16. The Hall–Kier alpha value is -3.89. The molecule has 0 aliphatic heterocycles. The quantitative estimate of drug-likeness (QED) is 0.571. The first-order chi connectivity index (χ1) is 14.2. The number of pyridine rings is 2. The number of hydrogen-bond donors (Lipinski definition) is 2. The number of aromatic carboxylic acids is 1. The van der Waals surface area contributed by atoms with Crippen LogP contribution in [0.15, 0.2) is 42.7 Å². The van der Waals surface area contributed by atoms with Gasteiger partial charge in [0.15, 0.2) is 0 Å². The molecule has 3 aromatic rings. The molecule has 0 atom stereocenters. The summed E-state index contributed by atoms with van der Waals surface area (Å²) < 4.78 is 46.8. The summed E-state index contributed by atoms with van der Waals surface area (Å²) >= 11 is 0.